The summed E-state index contributed by atoms with van der Waals surface area (Å²) in [7, 11) is 0. The molecule has 160 valence electrons. The first kappa shape index (κ1) is 20.0. The Bertz CT molecular complexity index is 1080. The zero-order chi connectivity index (χ0) is 21.2. The van der Waals surface area contributed by atoms with Crippen LogP contribution in [0.15, 0.2) is 60.8 Å². The molecule has 0 saturated carbocycles. The fourth-order valence-corrected chi connectivity index (χ4v) is 4.74. The average molecular weight is 418 g/mol. The van der Waals surface area contributed by atoms with Crippen LogP contribution in [0.3, 0.4) is 0 Å². The highest BCUT2D eigenvalue weighted by atomic mass is 16.5. The van der Waals surface area contributed by atoms with E-state index >= 15 is 0 Å². The number of fused-ring (bicyclic) bond motifs is 1. The second-order valence-electron chi connectivity index (χ2n) is 8.35. The molecular weight excluding hydrogens is 390 g/mol. The third kappa shape index (κ3) is 4.01. The van der Waals surface area contributed by atoms with Crippen LogP contribution in [-0.2, 0) is 11.2 Å². The van der Waals surface area contributed by atoms with Crippen LogP contribution in [0.4, 0.5) is 5.69 Å². The summed E-state index contributed by atoms with van der Waals surface area (Å²) < 4.78 is 5.46. The topological polar surface area (TPSA) is 65.9 Å². The molecule has 0 spiro atoms. The minimum atomic E-state index is -0.536. The van der Waals surface area contributed by atoms with E-state index in [1.807, 2.05) is 54.7 Å². The number of pyridine rings is 1. The molecule has 0 unspecified atom stereocenters. The van der Waals surface area contributed by atoms with E-state index in [9.17, 15) is 9.90 Å². The van der Waals surface area contributed by atoms with Crippen LogP contribution >= 0.6 is 0 Å². The van der Waals surface area contributed by atoms with Crippen molar-refractivity contribution < 1.29 is 14.6 Å². The predicted octanol–water partition coefficient (Wildman–Crippen LogP) is 2.75. The molecule has 1 amide bonds. The number of anilines is 1. The second kappa shape index (κ2) is 8.65. The molecule has 0 bridgehead atoms. The van der Waals surface area contributed by atoms with Crippen LogP contribution in [0.1, 0.15) is 15.9 Å². The first-order valence-electron chi connectivity index (χ1n) is 10.9. The monoisotopic (exact) mass is 417 g/mol. The molecule has 0 radical (unpaired) electrons. The number of carbonyl (C=O) groups excluding carboxylic acids is 1. The van der Waals surface area contributed by atoms with Gasteiger partial charge in [-0.25, -0.2) is 0 Å². The number of rotatable bonds is 4. The largest absolute Gasteiger partial charge is 0.391 e. The van der Waals surface area contributed by atoms with Gasteiger partial charge in [0.1, 0.15) is 0 Å². The van der Waals surface area contributed by atoms with Crippen molar-refractivity contribution in [1.82, 2.24) is 9.88 Å². The molecule has 2 aromatic carbocycles. The van der Waals surface area contributed by atoms with Crippen LogP contribution in [0, 0.1) is 5.92 Å². The first-order valence-corrected chi connectivity index (χ1v) is 10.9. The molecule has 3 heterocycles. The lowest BCUT2D eigenvalue weighted by molar-refractivity contribution is 0.0764. The third-order valence-electron chi connectivity index (χ3n) is 6.40. The number of benzene rings is 2. The Morgan fingerprint density at radius 2 is 1.81 bits per heavy atom. The van der Waals surface area contributed by atoms with Gasteiger partial charge in [0, 0.05) is 49.4 Å². The number of para-hydroxylation sites is 2. The molecule has 31 heavy (non-hydrogen) atoms. The zero-order valence-electron chi connectivity index (χ0n) is 17.5. The molecule has 2 aliphatic rings. The molecule has 2 fully saturated rings. The van der Waals surface area contributed by atoms with E-state index in [2.05, 4.69) is 16.0 Å². The summed E-state index contributed by atoms with van der Waals surface area (Å²) in [5, 5.41) is 11.9. The molecule has 2 aliphatic heterocycles. The molecule has 0 aliphatic carbocycles. The molecule has 2 atom stereocenters. The quantitative estimate of drug-likeness (QED) is 0.707. The van der Waals surface area contributed by atoms with Crippen molar-refractivity contribution in [1.29, 1.82) is 0 Å². The number of morpholine rings is 1. The maximum absolute atomic E-state index is 13.4. The normalized spacial score (nSPS) is 21.6. The number of carbonyl (C=O) groups is 1. The summed E-state index contributed by atoms with van der Waals surface area (Å²) in [5.74, 6) is -0.00599. The van der Waals surface area contributed by atoms with Gasteiger partial charge in [0.2, 0.25) is 0 Å². The Balaban J connectivity index is 1.34. The maximum atomic E-state index is 13.4. The Morgan fingerprint density at radius 1 is 1.03 bits per heavy atom. The number of ether oxygens (including phenoxy) is 1. The van der Waals surface area contributed by atoms with E-state index in [0.29, 0.717) is 31.9 Å². The van der Waals surface area contributed by atoms with Gasteiger partial charge in [-0.05, 0) is 36.2 Å². The van der Waals surface area contributed by atoms with Crippen molar-refractivity contribution in [2.75, 3.05) is 44.3 Å². The van der Waals surface area contributed by atoms with Crippen LogP contribution in [0.25, 0.3) is 10.9 Å². The number of hydrogen-bond acceptors (Lipinski definition) is 5. The lowest BCUT2D eigenvalue weighted by Gasteiger charge is -2.31. The number of hydrogen-bond donors (Lipinski definition) is 1. The van der Waals surface area contributed by atoms with Gasteiger partial charge < -0.3 is 19.6 Å². The van der Waals surface area contributed by atoms with E-state index in [0.717, 1.165) is 41.7 Å². The number of nitrogens with zero attached hydrogens (tertiary/aromatic N) is 3. The van der Waals surface area contributed by atoms with Crippen LogP contribution < -0.4 is 4.90 Å². The molecule has 6 nitrogen and oxygen atoms in total. The van der Waals surface area contributed by atoms with Crippen molar-refractivity contribution in [3.8, 4) is 0 Å². The van der Waals surface area contributed by atoms with Gasteiger partial charge >= 0.3 is 0 Å². The number of aliphatic hydroxyl groups is 1. The number of aliphatic hydroxyl groups excluding tert-OH is 1. The van der Waals surface area contributed by atoms with Gasteiger partial charge in [0.15, 0.2) is 0 Å². The fraction of sp³-hybridized carbons (Fsp3) is 0.360. The smallest absolute Gasteiger partial charge is 0.256 e. The maximum Gasteiger partial charge on any atom is 0.256 e. The highest BCUT2D eigenvalue weighted by Crippen LogP contribution is 2.29. The number of aromatic nitrogens is 1. The van der Waals surface area contributed by atoms with Gasteiger partial charge in [-0.15, -0.1) is 0 Å². The molecule has 5 rings (SSSR count). The summed E-state index contributed by atoms with van der Waals surface area (Å²) in [5.41, 5.74) is 3.78. The van der Waals surface area contributed by atoms with Crippen LogP contribution in [0.2, 0.25) is 0 Å². The minimum absolute atomic E-state index is 0.00491. The average Bonchev–Trinajstić information content (AvgIpc) is 3.19. The fourth-order valence-electron chi connectivity index (χ4n) is 4.74. The molecule has 3 aromatic rings. The van der Waals surface area contributed by atoms with Crippen molar-refractivity contribution in [3.05, 3.63) is 71.9 Å². The molecule has 6 heteroatoms. The standard InChI is InChI=1S/C25H27N3O3/c29-24-17-28(16-19(24)15-18-9-10-26-22-7-3-1-5-20(18)22)25(30)21-6-2-4-8-23(21)27-11-13-31-14-12-27/h1-10,19,24,29H,11-17H2/t19-,24+/m1/s1. The highest BCUT2D eigenvalue weighted by molar-refractivity contribution is 6.00. The van der Waals surface area contributed by atoms with E-state index in [1.165, 1.54) is 0 Å². The summed E-state index contributed by atoms with van der Waals surface area (Å²) in [6.45, 7) is 3.83. The second-order valence-corrected chi connectivity index (χ2v) is 8.35. The van der Waals surface area contributed by atoms with Gasteiger partial charge in [0.25, 0.3) is 5.91 Å². The molecule has 2 saturated heterocycles. The first-order chi connectivity index (χ1) is 15.2. The van der Waals surface area contributed by atoms with Gasteiger partial charge in [-0.1, -0.05) is 30.3 Å². The van der Waals surface area contributed by atoms with Crippen molar-refractivity contribution in [3.63, 3.8) is 0 Å². The van der Waals surface area contributed by atoms with E-state index in [4.69, 9.17) is 4.74 Å². The van der Waals surface area contributed by atoms with Gasteiger partial charge in [-0.2, -0.15) is 0 Å². The molecule has 1 N–H and O–H groups in total. The Hall–Kier alpha value is -2.96. The number of likely N-dealkylation sites (tertiary alicyclic amines) is 1. The Labute approximate surface area is 182 Å². The molecular formula is C25H27N3O3. The highest BCUT2D eigenvalue weighted by Gasteiger charge is 2.35. The van der Waals surface area contributed by atoms with E-state index in [1.54, 1.807) is 4.90 Å². The Morgan fingerprint density at radius 3 is 2.68 bits per heavy atom. The van der Waals surface area contributed by atoms with Crippen LogP contribution in [0.5, 0.6) is 0 Å². The lowest BCUT2D eigenvalue weighted by Crippen LogP contribution is -2.38. The van der Waals surface area contributed by atoms with E-state index < -0.39 is 6.10 Å². The summed E-state index contributed by atoms with van der Waals surface area (Å²) >= 11 is 0. The van der Waals surface area contributed by atoms with E-state index in [-0.39, 0.29) is 11.8 Å². The van der Waals surface area contributed by atoms with Gasteiger partial charge in [-0.3, -0.25) is 9.78 Å². The summed E-state index contributed by atoms with van der Waals surface area (Å²) in [6.07, 6.45) is 2.01. The van der Waals surface area contributed by atoms with Gasteiger partial charge in [0.05, 0.1) is 30.4 Å². The summed E-state index contributed by atoms with van der Waals surface area (Å²) in [4.78, 5) is 21.9. The summed E-state index contributed by atoms with van der Waals surface area (Å²) in [6, 6.07) is 17.9. The zero-order valence-corrected chi connectivity index (χ0v) is 17.5. The minimum Gasteiger partial charge on any atom is -0.391 e. The van der Waals surface area contributed by atoms with Crippen molar-refractivity contribution in [2.24, 2.45) is 5.92 Å². The molecule has 1 aromatic heterocycles. The van der Waals surface area contributed by atoms with Crippen molar-refractivity contribution in [2.45, 2.75) is 12.5 Å². The number of β-amino-alcohol motifs (C(OH)–C–C–N with tert-alkyl or cyclic N) is 1. The predicted molar refractivity (Wildman–Crippen MR) is 120 cm³/mol. The Kier molecular flexibility index (Phi) is 5.57. The lowest BCUT2D eigenvalue weighted by atomic mass is 9.94. The number of amides is 1. The third-order valence-corrected chi connectivity index (χ3v) is 6.40. The van der Waals surface area contributed by atoms with Crippen LogP contribution in [-0.4, -0.2) is 66.4 Å². The van der Waals surface area contributed by atoms with Crippen molar-refractivity contribution >= 4 is 22.5 Å². The SMILES string of the molecule is O=C(c1ccccc1N1CCOCC1)N1C[C@@H](Cc2ccnc3ccccc23)[C@@H](O)C1.